The van der Waals surface area contributed by atoms with Crippen molar-refractivity contribution in [1.82, 2.24) is 19.8 Å². The third-order valence-corrected chi connectivity index (χ3v) is 4.88. The molecule has 25 heavy (non-hydrogen) atoms. The summed E-state index contributed by atoms with van der Waals surface area (Å²) >= 11 is 0. The van der Waals surface area contributed by atoms with E-state index in [1.807, 2.05) is 11.8 Å². The average molecular weight is 346 g/mol. The van der Waals surface area contributed by atoms with Gasteiger partial charge >= 0.3 is 0 Å². The zero-order chi connectivity index (χ0) is 17.8. The highest BCUT2D eigenvalue weighted by Gasteiger charge is 2.33. The predicted octanol–water partition coefficient (Wildman–Crippen LogP) is 1.34. The van der Waals surface area contributed by atoms with Gasteiger partial charge in [0.15, 0.2) is 6.10 Å². The molecule has 0 N–H and O–H groups in total. The third kappa shape index (κ3) is 4.15. The van der Waals surface area contributed by atoms with E-state index in [0.29, 0.717) is 36.8 Å². The van der Waals surface area contributed by atoms with Crippen LogP contribution in [0.25, 0.3) is 0 Å². The molecule has 0 saturated carbocycles. The summed E-state index contributed by atoms with van der Waals surface area (Å²) < 4.78 is 5.68. The number of morpholine rings is 1. The van der Waals surface area contributed by atoms with Crippen LogP contribution in [0.2, 0.25) is 0 Å². The molecule has 136 valence electrons. The molecule has 3 heterocycles. The van der Waals surface area contributed by atoms with Crippen LogP contribution >= 0.6 is 0 Å². The molecule has 0 aromatic carbocycles. The number of hydrogen-bond acceptors (Lipinski definition) is 5. The molecule has 2 aliphatic heterocycles. The van der Waals surface area contributed by atoms with Gasteiger partial charge < -0.3 is 14.5 Å². The zero-order valence-corrected chi connectivity index (χ0v) is 15.0. The SMILES string of the molecule is Cc1ncc(C(=O)N2CCO[C@H](C(=O)N3CCCCCC3)C2)c(C)n1. The van der Waals surface area contributed by atoms with Crippen molar-refractivity contribution in [1.29, 1.82) is 0 Å². The first-order valence-electron chi connectivity index (χ1n) is 9.06. The van der Waals surface area contributed by atoms with E-state index in [-0.39, 0.29) is 11.8 Å². The Morgan fingerprint density at radius 2 is 1.80 bits per heavy atom. The first-order valence-corrected chi connectivity index (χ1v) is 9.06. The van der Waals surface area contributed by atoms with Gasteiger partial charge in [-0.3, -0.25) is 9.59 Å². The molecule has 2 saturated heterocycles. The molecule has 0 unspecified atom stereocenters. The molecule has 1 aromatic heterocycles. The topological polar surface area (TPSA) is 75.6 Å². The van der Waals surface area contributed by atoms with Crippen LogP contribution in [-0.2, 0) is 9.53 Å². The average Bonchev–Trinajstić information content (AvgIpc) is 2.90. The Bertz CT molecular complexity index is 641. The lowest BCUT2D eigenvalue weighted by Crippen LogP contribution is -2.52. The minimum atomic E-state index is -0.567. The normalized spacial score (nSPS) is 21.8. The minimum Gasteiger partial charge on any atom is -0.365 e. The maximum atomic E-state index is 12.8. The van der Waals surface area contributed by atoms with Gasteiger partial charge in [-0.2, -0.15) is 0 Å². The van der Waals surface area contributed by atoms with Gasteiger partial charge in [0.1, 0.15) is 5.82 Å². The lowest BCUT2D eigenvalue weighted by molar-refractivity contribution is -0.148. The van der Waals surface area contributed by atoms with Crippen molar-refractivity contribution in [3.05, 3.63) is 23.3 Å². The van der Waals surface area contributed by atoms with Gasteiger partial charge in [-0.15, -0.1) is 0 Å². The van der Waals surface area contributed by atoms with E-state index in [1.165, 1.54) is 12.8 Å². The van der Waals surface area contributed by atoms with Crippen molar-refractivity contribution >= 4 is 11.8 Å². The van der Waals surface area contributed by atoms with E-state index in [9.17, 15) is 9.59 Å². The molecule has 3 rings (SSSR count). The quantitative estimate of drug-likeness (QED) is 0.808. The largest absolute Gasteiger partial charge is 0.365 e. The van der Waals surface area contributed by atoms with Gasteiger partial charge in [-0.25, -0.2) is 9.97 Å². The lowest BCUT2D eigenvalue weighted by Gasteiger charge is -2.35. The van der Waals surface area contributed by atoms with Crippen LogP contribution in [0, 0.1) is 13.8 Å². The maximum absolute atomic E-state index is 12.8. The summed E-state index contributed by atoms with van der Waals surface area (Å²) in [6.45, 7) is 6.34. The smallest absolute Gasteiger partial charge is 0.257 e. The first-order chi connectivity index (χ1) is 12.1. The molecule has 1 aromatic rings. The monoisotopic (exact) mass is 346 g/mol. The number of ether oxygens (including phenoxy) is 1. The van der Waals surface area contributed by atoms with Crippen LogP contribution in [0.5, 0.6) is 0 Å². The van der Waals surface area contributed by atoms with Crippen LogP contribution in [0.15, 0.2) is 6.20 Å². The summed E-state index contributed by atoms with van der Waals surface area (Å²) in [7, 11) is 0. The molecule has 0 bridgehead atoms. The molecule has 7 nitrogen and oxygen atoms in total. The van der Waals surface area contributed by atoms with Gasteiger partial charge in [-0.05, 0) is 26.7 Å². The number of carbonyl (C=O) groups excluding carboxylic acids is 2. The highest BCUT2D eigenvalue weighted by molar-refractivity contribution is 5.95. The zero-order valence-electron chi connectivity index (χ0n) is 15.0. The van der Waals surface area contributed by atoms with E-state index in [0.717, 1.165) is 25.9 Å². The standard InChI is InChI=1S/C18H26N4O3/c1-13-15(11-19-14(2)20-13)17(23)22-9-10-25-16(12-22)18(24)21-7-5-3-4-6-8-21/h11,16H,3-10,12H2,1-2H3/t16-/m0/s1. The third-order valence-electron chi connectivity index (χ3n) is 4.88. The number of carbonyl (C=O) groups is 2. The lowest BCUT2D eigenvalue weighted by atomic mass is 10.1. The Morgan fingerprint density at radius 1 is 1.08 bits per heavy atom. The number of aryl methyl sites for hydroxylation is 2. The number of hydrogen-bond donors (Lipinski definition) is 0. The number of nitrogens with zero attached hydrogens (tertiary/aromatic N) is 4. The summed E-state index contributed by atoms with van der Waals surface area (Å²) in [6, 6.07) is 0. The van der Waals surface area contributed by atoms with Crippen molar-refractivity contribution in [3.8, 4) is 0 Å². The molecular weight excluding hydrogens is 320 g/mol. The number of aromatic nitrogens is 2. The van der Waals surface area contributed by atoms with Crippen molar-refractivity contribution in [3.63, 3.8) is 0 Å². The number of likely N-dealkylation sites (tertiary alicyclic amines) is 1. The first kappa shape index (κ1) is 17.8. The molecule has 0 spiro atoms. The number of amides is 2. The van der Waals surface area contributed by atoms with Gasteiger partial charge in [0.2, 0.25) is 0 Å². The summed E-state index contributed by atoms with van der Waals surface area (Å²) in [5.41, 5.74) is 1.16. The van der Waals surface area contributed by atoms with Gasteiger partial charge in [0.05, 0.1) is 24.4 Å². The fourth-order valence-corrected chi connectivity index (χ4v) is 3.44. The van der Waals surface area contributed by atoms with Crippen LogP contribution in [-0.4, -0.2) is 70.5 Å². The summed E-state index contributed by atoms with van der Waals surface area (Å²) in [6.07, 6.45) is 5.44. The molecule has 0 aliphatic carbocycles. The molecule has 0 radical (unpaired) electrons. The molecule has 2 fully saturated rings. The second-order valence-corrected chi connectivity index (χ2v) is 6.77. The molecule has 7 heteroatoms. The Morgan fingerprint density at radius 3 is 2.48 bits per heavy atom. The van der Waals surface area contributed by atoms with Crippen molar-refractivity contribution in [2.24, 2.45) is 0 Å². The van der Waals surface area contributed by atoms with E-state index in [1.54, 1.807) is 18.0 Å². The van der Waals surface area contributed by atoms with Crippen molar-refractivity contribution < 1.29 is 14.3 Å². The summed E-state index contributed by atoms with van der Waals surface area (Å²) in [4.78, 5) is 37.5. The minimum absolute atomic E-state index is 0.0104. The maximum Gasteiger partial charge on any atom is 0.257 e. The molecular formula is C18H26N4O3. The Balaban J connectivity index is 1.67. The van der Waals surface area contributed by atoms with Crippen molar-refractivity contribution in [2.75, 3.05) is 32.8 Å². The number of rotatable bonds is 2. The summed E-state index contributed by atoms with van der Waals surface area (Å²) in [5, 5.41) is 0. The van der Waals surface area contributed by atoms with E-state index >= 15 is 0 Å². The second-order valence-electron chi connectivity index (χ2n) is 6.77. The molecule has 2 amide bonds. The highest BCUT2D eigenvalue weighted by atomic mass is 16.5. The van der Waals surface area contributed by atoms with E-state index in [4.69, 9.17) is 4.74 Å². The predicted molar refractivity (Wildman–Crippen MR) is 92.2 cm³/mol. The van der Waals surface area contributed by atoms with Crippen LogP contribution in [0.3, 0.4) is 0 Å². The van der Waals surface area contributed by atoms with Crippen LogP contribution in [0.4, 0.5) is 0 Å². The Kier molecular flexibility index (Phi) is 5.63. The van der Waals surface area contributed by atoms with Gasteiger partial charge in [0, 0.05) is 25.8 Å². The van der Waals surface area contributed by atoms with E-state index < -0.39 is 6.10 Å². The van der Waals surface area contributed by atoms with Crippen LogP contribution < -0.4 is 0 Å². The Hall–Kier alpha value is -2.02. The second kappa shape index (κ2) is 7.91. The van der Waals surface area contributed by atoms with Gasteiger partial charge in [-0.1, -0.05) is 12.8 Å². The fourth-order valence-electron chi connectivity index (χ4n) is 3.44. The summed E-state index contributed by atoms with van der Waals surface area (Å²) in [5.74, 6) is 0.524. The van der Waals surface area contributed by atoms with Crippen molar-refractivity contribution in [2.45, 2.75) is 45.6 Å². The highest BCUT2D eigenvalue weighted by Crippen LogP contribution is 2.16. The van der Waals surface area contributed by atoms with Crippen LogP contribution in [0.1, 0.15) is 47.6 Å². The molecule has 1 atom stereocenters. The fraction of sp³-hybridized carbons (Fsp3) is 0.667. The Labute approximate surface area is 148 Å². The molecule has 2 aliphatic rings. The van der Waals surface area contributed by atoms with E-state index in [2.05, 4.69) is 9.97 Å². The van der Waals surface area contributed by atoms with Gasteiger partial charge in [0.25, 0.3) is 11.8 Å².